The molecule has 0 radical (unpaired) electrons. The van der Waals surface area contributed by atoms with Crippen LogP contribution in [0.25, 0.3) is 0 Å². The Labute approximate surface area is 127 Å². The summed E-state index contributed by atoms with van der Waals surface area (Å²) in [7, 11) is -0.815. The van der Waals surface area contributed by atoms with E-state index in [2.05, 4.69) is 27.8 Å². The highest BCUT2D eigenvalue weighted by atomic mass is 79.9. The molecule has 0 atom stereocenters. The molecule has 0 spiro atoms. The van der Waals surface area contributed by atoms with E-state index in [4.69, 9.17) is 0 Å². The zero-order valence-electron chi connectivity index (χ0n) is 11.7. The van der Waals surface area contributed by atoms with Crippen LogP contribution in [0.5, 0.6) is 0 Å². The molecule has 0 aliphatic heterocycles. The van der Waals surface area contributed by atoms with Crippen LogP contribution in [0.4, 0.5) is 4.39 Å². The quantitative estimate of drug-likeness (QED) is 0.789. The predicted molar refractivity (Wildman–Crippen MR) is 81.5 cm³/mol. The first-order valence-corrected chi connectivity index (χ1v) is 8.16. The standard InChI is InChI=1S/C13H18BrFN2O2S/c1-9(2)8-17(4)20(18,19)12-6-11(14)5-10(7-16-3)13(12)15/h5-6,16H,1,7-8H2,2-4H3. The van der Waals surface area contributed by atoms with E-state index in [9.17, 15) is 12.8 Å². The second-order valence-corrected chi connectivity index (χ2v) is 7.55. The SMILES string of the molecule is C=C(C)CN(C)S(=O)(=O)c1cc(Br)cc(CNC)c1F. The average molecular weight is 365 g/mol. The van der Waals surface area contributed by atoms with Crippen LogP contribution >= 0.6 is 15.9 Å². The minimum absolute atomic E-state index is 0.148. The Hall–Kier alpha value is -0.760. The third kappa shape index (κ3) is 3.88. The maximum absolute atomic E-state index is 14.3. The van der Waals surface area contributed by atoms with Gasteiger partial charge in [0.05, 0.1) is 0 Å². The van der Waals surface area contributed by atoms with Gasteiger partial charge in [0, 0.05) is 30.2 Å². The van der Waals surface area contributed by atoms with Crippen molar-refractivity contribution in [3.63, 3.8) is 0 Å². The number of halogens is 2. The molecule has 1 N–H and O–H groups in total. The van der Waals surface area contributed by atoms with Gasteiger partial charge in [-0.3, -0.25) is 0 Å². The van der Waals surface area contributed by atoms with Crippen molar-refractivity contribution in [2.24, 2.45) is 0 Å². The Morgan fingerprint density at radius 1 is 1.50 bits per heavy atom. The van der Waals surface area contributed by atoms with Crippen LogP contribution in [0.3, 0.4) is 0 Å². The molecule has 0 heterocycles. The number of likely N-dealkylation sites (N-methyl/N-ethyl adjacent to an activating group) is 1. The average Bonchev–Trinajstić information content (AvgIpc) is 2.32. The molecule has 0 saturated heterocycles. The van der Waals surface area contributed by atoms with Gasteiger partial charge in [-0.1, -0.05) is 28.1 Å². The predicted octanol–water partition coefficient (Wildman–Crippen LogP) is 2.50. The first-order valence-electron chi connectivity index (χ1n) is 5.93. The first kappa shape index (κ1) is 17.3. The Bertz CT molecular complexity index is 617. The molecule has 1 aromatic carbocycles. The lowest BCUT2D eigenvalue weighted by Crippen LogP contribution is -2.29. The number of nitrogens with one attached hydrogen (secondary N) is 1. The smallest absolute Gasteiger partial charge is 0.246 e. The highest BCUT2D eigenvalue weighted by Crippen LogP contribution is 2.26. The largest absolute Gasteiger partial charge is 0.316 e. The van der Waals surface area contributed by atoms with Gasteiger partial charge in [-0.2, -0.15) is 4.31 Å². The van der Waals surface area contributed by atoms with Crippen molar-refractivity contribution < 1.29 is 12.8 Å². The Morgan fingerprint density at radius 3 is 2.60 bits per heavy atom. The summed E-state index contributed by atoms with van der Waals surface area (Å²) >= 11 is 3.21. The summed E-state index contributed by atoms with van der Waals surface area (Å²) in [5, 5.41) is 2.81. The lowest BCUT2D eigenvalue weighted by Gasteiger charge is -2.18. The molecular formula is C13H18BrFN2O2S. The Morgan fingerprint density at radius 2 is 2.10 bits per heavy atom. The number of benzene rings is 1. The van der Waals surface area contributed by atoms with Crippen molar-refractivity contribution in [1.82, 2.24) is 9.62 Å². The van der Waals surface area contributed by atoms with Crippen LogP contribution < -0.4 is 5.32 Å². The molecule has 0 unspecified atom stereocenters. The van der Waals surface area contributed by atoms with Crippen LogP contribution in [0.2, 0.25) is 0 Å². The van der Waals surface area contributed by atoms with Gasteiger partial charge >= 0.3 is 0 Å². The monoisotopic (exact) mass is 364 g/mol. The van der Waals surface area contributed by atoms with E-state index in [1.165, 1.54) is 13.1 Å². The second kappa shape index (κ2) is 6.80. The molecule has 0 fully saturated rings. The maximum atomic E-state index is 14.3. The van der Waals surface area contributed by atoms with Crippen LogP contribution in [0.1, 0.15) is 12.5 Å². The van der Waals surface area contributed by atoms with Gasteiger partial charge in [-0.25, -0.2) is 12.8 Å². The fourth-order valence-electron chi connectivity index (χ4n) is 1.76. The number of nitrogens with zero attached hydrogens (tertiary/aromatic N) is 1. The van der Waals surface area contributed by atoms with Crippen molar-refractivity contribution in [2.45, 2.75) is 18.4 Å². The third-order valence-electron chi connectivity index (χ3n) is 2.63. The first-order chi connectivity index (χ1) is 9.20. The summed E-state index contributed by atoms with van der Waals surface area (Å²) in [4.78, 5) is -0.333. The summed E-state index contributed by atoms with van der Waals surface area (Å²) < 4.78 is 40.8. The van der Waals surface area contributed by atoms with E-state index in [-0.39, 0.29) is 18.0 Å². The number of hydrogen-bond acceptors (Lipinski definition) is 3. The van der Waals surface area contributed by atoms with Crippen LogP contribution in [-0.4, -0.2) is 33.4 Å². The van der Waals surface area contributed by atoms with Gasteiger partial charge in [0.1, 0.15) is 10.7 Å². The molecule has 4 nitrogen and oxygen atoms in total. The molecule has 112 valence electrons. The summed E-state index contributed by atoms with van der Waals surface area (Å²) in [5.41, 5.74) is 0.978. The number of rotatable bonds is 6. The third-order valence-corrected chi connectivity index (χ3v) is 4.89. The van der Waals surface area contributed by atoms with Gasteiger partial charge < -0.3 is 5.32 Å². The molecule has 0 aliphatic rings. The highest BCUT2D eigenvalue weighted by Gasteiger charge is 2.26. The minimum atomic E-state index is -3.89. The van der Waals surface area contributed by atoms with E-state index < -0.39 is 15.8 Å². The van der Waals surface area contributed by atoms with Gasteiger partial charge in [0.15, 0.2) is 0 Å². The molecule has 20 heavy (non-hydrogen) atoms. The molecule has 0 aromatic heterocycles. The van der Waals surface area contributed by atoms with Crippen LogP contribution in [-0.2, 0) is 16.6 Å². The van der Waals surface area contributed by atoms with Crippen LogP contribution in [0, 0.1) is 5.82 Å². The van der Waals surface area contributed by atoms with Gasteiger partial charge in [0.25, 0.3) is 0 Å². The van der Waals surface area contributed by atoms with Crippen molar-refractivity contribution >= 4 is 26.0 Å². The van der Waals surface area contributed by atoms with Crippen molar-refractivity contribution in [3.05, 3.63) is 40.1 Å². The molecule has 0 saturated carbocycles. The lowest BCUT2D eigenvalue weighted by molar-refractivity contribution is 0.481. The lowest BCUT2D eigenvalue weighted by atomic mass is 10.2. The van der Waals surface area contributed by atoms with E-state index in [0.29, 0.717) is 15.6 Å². The summed E-state index contributed by atoms with van der Waals surface area (Å²) in [6, 6.07) is 2.84. The van der Waals surface area contributed by atoms with E-state index in [1.54, 1.807) is 20.0 Å². The van der Waals surface area contributed by atoms with Gasteiger partial charge in [-0.15, -0.1) is 0 Å². The molecule has 1 rings (SSSR count). The fraction of sp³-hybridized carbons (Fsp3) is 0.385. The summed E-state index contributed by atoms with van der Waals surface area (Å²) in [5.74, 6) is -0.726. The Balaban J connectivity index is 3.34. The molecule has 7 heteroatoms. The van der Waals surface area contributed by atoms with E-state index in [0.717, 1.165) is 4.31 Å². The normalized spacial score (nSPS) is 11.9. The van der Waals surface area contributed by atoms with Crippen LogP contribution in [0.15, 0.2) is 33.7 Å². The topological polar surface area (TPSA) is 49.4 Å². The highest BCUT2D eigenvalue weighted by molar-refractivity contribution is 9.10. The minimum Gasteiger partial charge on any atom is -0.316 e. The number of hydrogen-bond donors (Lipinski definition) is 1. The van der Waals surface area contributed by atoms with E-state index in [1.807, 2.05) is 0 Å². The van der Waals surface area contributed by atoms with Crippen molar-refractivity contribution in [1.29, 1.82) is 0 Å². The molecule has 0 bridgehead atoms. The maximum Gasteiger partial charge on any atom is 0.246 e. The van der Waals surface area contributed by atoms with Gasteiger partial charge in [-0.05, 0) is 26.1 Å². The second-order valence-electron chi connectivity index (χ2n) is 4.63. The zero-order chi connectivity index (χ0) is 15.5. The summed E-state index contributed by atoms with van der Waals surface area (Å²) in [6.45, 7) is 5.78. The molecule has 0 amide bonds. The zero-order valence-corrected chi connectivity index (χ0v) is 14.1. The summed E-state index contributed by atoms with van der Waals surface area (Å²) in [6.07, 6.45) is 0. The van der Waals surface area contributed by atoms with Gasteiger partial charge in [0.2, 0.25) is 10.0 Å². The number of sulfonamides is 1. The Kier molecular flexibility index (Phi) is 5.88. The van der Waals surface area contributed by atoms with Crippen molar-refractivity contribution in [2.75, 3.05) is 20.6 Å². The molecular weight excluding hydrogens is 347 g/mol. The molecule has 0 aliphatic carbocycles. The van der Waals surface area contributed by atoms with Crippen molar-refractivity contribution in [3.8, 4) is 0 Å². The van der Waals surface area contributed by atoms with E-state index >= 15 is 0 Å². The molecule has 1 aromatic rings. The fourth-order valence-corrected chi connectivity index (χ4v) is 3.77.